The fourth-order valence-electron chi connectivity index (χ4n) is 2.67. The normalized spacial score (nSPS) is 41.2. The molecule has 13 heavy (non-hydrogen) atoms. The Kier molecular flexibility index (Phi) is 2.70. The highest BCUT2D eigenvalue weighted by atomic mass is 16.3. The molecule has 0 amide bonds. The lowest BCUT2D eigenvalue weighted by Gasteiger charge is -2.34. The van der Waals surface area contributed by atoms with Crippen LogP contribution < -0.4 is 0 Å². The van der Waals surface area contributed by atoms with Crippen LogP contribution in [0, 0.1) is 5.92 Å². The van der Waals surface area contributed by atoms with Crippen LogP contribution in [0.15, 0.2) is 12.2 Å². The summed E-state index contributed by atoms with van der Waals surface area (Å²) in [6, 6.07) is 0.722. The fraction of sp³-hybridized carbons (Fsp3) is 0.818. The SMILES string of the molecule is CC1CCCC1N1CC=C[C@H](O)C1. The summed E-state index contributed by atoms with van der Waals surface area (Å²) in [7, 11) is 0. The number of hydrogen-bond donors (Lipinski definition) is 1. The molecule has 0 aromatic heterocycles. The van der Waals surface area contributed by atoms with Crippen LogP contribution in [0.5, 0.6) is 0 Å². The molecule has 0 aromatic rings. The third kappa shape index (κ3) is 1.94. The molecular formula is C11H19NO. The molecule has 2 heteroatoms. The minimum absolute atomic E-state index is 0.235. The third-order valence-electron chi connectivity index (χ3n) is 3.40. The Labute approximate surface area is 80.2 Å². The standard InChI is InChI=1S/C11H19NO/c1-9-4-2-6-11(9)12-7-3-5-10(13)8-12/h3,5,9-11,13H,2,4,6-8H2,1H3/t9?,10-,11?/m0/s1. The maximum absolute atomic E-state index is 9.50. The van der Waals surface area contributed by atoms with Gasteiger partial charge in [0.25, 0.3) is 0 Å². The van der Waals surface area contributed by atoms with E-state index in [2.05, 4.69) is 17.9 Å². The van der Waals surface area contributed by atoms with Crippen LogP contribution in [-0.2, 0) is 0 Å². The van der Waals surface area contributed by atoms with Gasteiger partial charge in [-0.15, -0.1) is 0 Å². The Morgan fingerprint density at radius 1 is 1.38 bits per heavy atom. The lowest BCUT2D eigenvalue weighted by molar-refractivity contribution is 0.1000. The number of hydrogen-bond acceptors (Lipinski definition) is 2. The van der Waals surface area contributed by atoms with Crippen molar-refractivity contribution < 1.29 is 5.11 Å². The van der Waals surface area contributed by atoms with Crippen molar-refractivity contribution >= 4 is 0 Å². The van der Waals surface area contributed by atoms with Gasteiger partial charge in [-0.3, -0.25) is 4.90 Å². The van der Waals surface area contributed by atoms with Crippen LogP contribution in [0.3, 0.4) is 0 Å². The molecule has 3 atom stereocenters. The minimum atomic E-state index is -0.235. The van der Waals surface area contributed by atoms with Crippen LogP contribution in [0.25, 0.3) is 0 Å². The topological polar surface area (TPSA) is 23.5 Å². The van der Waals surface area contributed by atoms with Gasteiger partial charge in [0.2, 0.25) is 0 Å². The average molecular weight is 181 g/mol. The summed E-state index contributed by atoms with van der Waals surface area (Å²) in [5, 5.41) is 9.50. The Balaban J connectivity index is 1.96. The number of β-amino-alcohol motifs (C(OH)–C–C–N with tert-alkyl or cyclic N) is 1. The second-order valence-electron chi connectivity index (χ2n) is 4.42. The smallest absolute Gasteiger partial charge is 0.0848 e. The van der Waals surface area contributed by atoms with Gasteiger partial charge in [-0.25, -0.2) is 0 Å². The highest BCUT2D eigenvalue weighted by molar-refractivity contribution is 5.00. The van der Waals surface area contributed by atoms with Crippen LogP contribution >= 0.6 is 0 Å². The molecule has 1 heterocycles. The second-order valence-corrected chi connectivity index (χ2v) is 4.42. The van der Waals surface area contributed by atoms with Gasteiger partial charge >= 0.3 is 0 Å². The summed E-state index contributed by atoms with van der Waals surface area (Å²) >= 11 is 0. The highest BCUT2D eigenvalue weighted by Crippen LogP contribution is 2.30. The Morgan fingerprint density at radius 3 is 2.85 bits per heavy atom. The summed E-state index contributed by atoms with van der Waals surface area (Å²) in [5.41, 5.74) is 0. The van der Waals surface area contributed by atoms with E-state index in [4.69, 9.17) is 0 Å². The van der Waals surface area contributed by atoms with E-state index in [1.54, 1.807) is 0 Å². The summed E-state index contributed by atoms with van der Waals surface area (Å²) in [5.74, 6) is 0.818. The number of rotatable bonds is 1. The molecule has 1 N–H and O–H groups in total. The molecule has 0 aromatic carbocycles. The average Bonchev–Trinajstić information content (AvgIpc) is 2.51. The molecule has 2 rings (SSSR count). The van der Waals surface area contributed by atoms with Crippen molar-refractivity contribution in [2.75, 3.05) is 13.1 Å². The fourth-order valence-corrected chi connectivity index (χ4v) is 2.67. The highest BCUT2D eigenvalue weighted by Gasteiger charge is 2.30. The van der Waals surface area contributed by atoms with E-state index in [0.717, 1.165) is 25.0 Å². The van der Waals surface area contributed by atoms with Gasteiger partial charge in [0.05, 0.1) is 6.10 Å². The zero-order valence-electron chi connectivity index (χ0n) is 8.32. The first-order valence-electron chi connectivity index (χ1n) is 5.36. The summed E-state index contributed by atoms with van der Waals surface area (Å²) in [6.45, 7) is 4.21. The number of nitrogens with zero attached hydrogens (tertiary/aromatic N) is 1. The predicted molar refractivity (Wildman–Crippen MR) is 53.5 cm³/mol. The summed E-state index contributed by atoms with van der Waals surface area (Å²) in [6.07, 6.45) is 7.82. The molecular weight excluding hydrogens is 162 g/mol. The van der Waals surface area contributed by atoms with E-state index >= 15 is 0 Å². The molecule has 0 radical (unpaired) electrons. The van der Waals surface area contributed by atoms with Crippen LogP contribution in [-0.4, -0.2) is 35.2 Å². The molecule has 0 spiro atoms. The Morgan fingerprint density at radius 2 is 2.23 bits per heavy atom. The van der Waals surface area contributed by atoms with Crippen LogP contribution in [0.1, 0.15) is 26.2 Å². The summed E-state index contributed by atoms with van der Waals surface area (Å²) in [4.78, 5) is 2.43. The maximum atomic E-state index is 9.50. The molecule has 2 unspecified atom stereocenters. The zero-order valence-corrected chi connectivity index (χ0v) is 8.32. The lowest BCUT2D eigenvalue weighted by Crippen LogP contribution is -2.43. The van der Waals surface area contributed by atoms with E-state index in [0.29, 0.717) is 0 Å². The van der Waals surface area contributed by atoms with Crippen molar-refractivity contribution in [2.45, 2.75) is 38.3 Å². The molecule has 74 valence electrons. The molecule has 2 nitrogen and oxygen atoms in total. The zero-order chi connectivity index (χ0) is 9.26. The molecule has 1 saturated carbocycles. The first kappa shape index (κ1) is 9.22. The predicted octanol–water partition coefficient (Wildman–Crippen LogP) is 1.41. The van der Waals surface area contributed by atoms with E-state index in [-0.39, 0.29) is 6.10 Å². The van der Waals surface area contributed by atoms with Crippen LogP contribution in [0.4, 0.5) is 0 Å². The number of aliphatic hydroxyl groups excluding tert-OH is 1. The Bertz CT molecular complexity index is 202. The Hall–Kier alpha value is -0.340. The quantitative estimate of drug-likeness (QED) is 0.618. The maximum Gasteiger partial charge on any atom is 0.0848 e. The molecule has 0 bridgehead atoms. The van der Waals surface area contributed by atoms with Crippen molar-refractivity contribution in [1.29, 1.82) is 0 Å². The lowest BCUT2D eigenvalue weighted by atomic mass is 10.0. The first-order valence-corrected chi connectivity index (χ1v) is 5.36. The van der Waals surface area contributed by atoms with Gasteiger partial charge in [-0.2, -0.15) is 0 Å². The second kappa shape index (κ2) is 3.81. The molecule has 1 aliphatic carbocycles. The van der Waals surface area contributed by atoms with Crippen molar-refractivity contribution in [2.24, 2.45) is 5.92 Å². The first-order chi connectivity index (χ1) is 6.27. The number of aliphatic hydroxyl groups is 1. The molecule has 1 aliphatic heterocycles. The molecule has 1 fully saturated rings. The molecule has 2 aliphatic rings. The van der Waals surface area contributed by atoms with Gasteiger partial charge in [-0.05, 0) is 18.8 Å². The third-order valence-corrected chi connectivity index (χ3v) is 3.40. The van der Waals surface area contributed by atoms with Gasteiger partial charge in [0, 0.05) is 19.1 Å². The van der Waals surface area contributed by atoms with E-state index in [9.17, 15) is 5.11 Å². The van der Waals surface area contributed by atoms with E-state index in [1.807, 2.05) is 6.08 Å². The van der Waals surface area contributed by atoms with Gasteiger partial charge < -0.3 is 5.11 Å². The van der Waals surface area contributed by atoms with Crippen molar-refractivity contribution in [3.05, 3.63) is 12.2 Å². The van der Waals surface area contributed by atoms with Gasteiger partial charge in [-0.1, -0.05) is 25.5 Å². The molecule has 0 saturated heterocycles. The van der Waals surface area contributed by atoms with Gasteiger partial charge in [0.15, 0.2) is 0 Å². The van der Waals surface area contributed by atoms with E-state index in [1.165, 1.54) is 19.3 Å². The monoisotopic (exact) mass is 181 g/mol. The van der Waals surface area contributed by atoms with E-state index < -0.39 is 0 Å². The minimum Gasteiger partial charge on any atom is -0.388 e. The van der Waals surface area contributed by atoms with Crippen molar-refractivity contribution in [3.8, 4) is 0 Å². The van der Waals surface area contributed by atoms with Crippen LogP contribution in [0.2, 0.25) is 0 Å². The van der Waals surface area contributed by atoms with Crippen molar-refractivity contribution in [1.82, 2.24) is 4.90 Å². The largest absolute Gasteiger partial charge is 0.388 e. The summed E-state index contributed by atoms with van der Waals surface area (Å²) < 4.78 is 0. The van der Waals surface area contributed by atoms with Gasteiger partial charge in [0.1, 0.15) is 0 Å². The van der Waals surface area contributed by atoms with Crippen molar-refractivity contribution in [3.63, 3.8) is 0 Å².